The molecule has 0 aliphatic rings. The van der Waals surface area contributed by atoms with Crippen LogP contribution in [-0.2, 0) is 22.4 Å². The summed E-state index contributed by atoms with van der Waals surface area (Å²) in [5.41, 5.74) is -4.80. The molecule has 1 aromatic carbocycles. The molecule has 1 aromatic heterocycles. The number of amides is 1. The number of rotatable bonds is 7. The first-order chi connectivity index (χ1) is 14.8. The Kier molecular flexibility index (Phi) is 7.48. The van der Waals surface area contributed by atoms with Crippen LogP contribution in [-0.4, -0.2) is 37.0 Å². The van der Waals surface area contributed by atoms with Crippen molar-refractivity contribution in [3.63, 3.8) is 0 Å². The van der Waals surface area contributed by atoms with Crippen molar-refractivity contribution in [3.8, 4) is 0 Å². The van der Waals surface area contributed by atoms with Gasteiger partial charge in [0.1, 0.15) is 5.00 Å². The number of aryl methyl sites for hydroxylation is 1. The number of nitrogens with one attached hydrogen (secondary N) is 2. The van der Waals surface area contributed by atoms with Gasteiger partial charge in [0.15, 0.2) is 0 Å². The normalized spacial score (nSPS) is 12.4. The van der Waals surface area contributed by atoms with Crippen LogP contribution in [0.4, 0.5) is 31.3 Å². The number of carbonyl (C=O) groups is 2. The maximum atomic E-state index is 14.0. The zero-order valence-corrected chi connectivity index (χ0v) is 18.0. The fraction of sp³-hybridized carbons (Fsp3) is 0.400. The Balaban J connectivity index is 2.58. The minimum Gasteiger partial charge on any atom is -0.465 e. The fourth-order valence-corrected chi connectivity index (χ4v) is 4.28. The standard InChI is InChI=1S/C20H20F6N2O3S/c1-4-13-11(2)32-16(15(13)17(30)31-3)28-18(19(21,22)23,20(24,25)26)27-14(29)10-12-8-6-5-7-9-12/h5-9,28H,4,10H2,1-3H3,(H,27,29). The molecular formula is C20H20F6N2O3S. The average Bonchev–Trinajstić information content (AvgIpc) is 3.00. The van der Waals surface area contributed by atoms with Crippen LogP contribution in [0.3, 0.4) is 0 Å². The van der Waals surface area contributed by atoms with Crippen molar-refractivity contribution < 1.29 is 40.7 Å². The lowest BCUT2D eigenvalue weighted by Gasteiger charge is -2.38. The first kappa shape index (κ1) is 25.5. The molecular weight excluding hydrogens is 462 g/mol. The first-order valence-electron chi connectivity index (χ1n) is 9.24. The summed E-state index contributed by atoms with van der Waals surface area (Å²) in [4.78, 5) is 24.8. The maximum absolute atomic E-state index is 14.0. The van der Waals surface area contributed by atoms with Crippen molar-refractivity contribution in [1.82, 2.24) is 5.32 Å². The van der Waals surface area contributed by atoms with Gasteiger partial charge in [0.05, 0.1) is 19.1 Å². The lowest BCUT2D eigenvalue weighted by Crippen LogP contribution is -2.72. The Morgan fingerprint density at radius 1 is 1.03 bits per heavy atom. The van der Waals surface area contributed by atoms with Crippen LogP contribution in [0.25, 0.3) is 0 Å². The van der Waals surface area contributed by atoms with Gasteiger partial charge in [0.25, 0.3) is 0 Å². The molecule has 0 radical (unpaired) electrons. The number of carbonyl (C=O) groups excluding carboxylic acids is 2. The lowest BCUT2D eigenvalue weighted by atomic mass is 10.0. The van der Waals surface area contributed by atoms with E-state index in [0.29, 0.717) is 16.2 Å². The third-order valence-corrected chi connectivity index (χ3v) is 5.70. The van der Waals surface area contributed by atoms with E-state index in [0.717, 1.165) is 12.4 Å². The molecule has 0 spiro atoms. The molecule has 1 amide bonds. The number of hydrogen-bond acceptors (Lipinski definition) is 5. The third-order valence-electron chi connectivity index (χ3n) is 4.64. The predicted octanol–water partition coefficient (Wildman–Crippen LogP) is 5.00. The van der Waals surface area contributed by atoms with Gasteiger partial charge in [-0.25, -0.2) is 4.79 Å². The molecule has 12 heteroatoms. The summed E-state index contributed by atoms with van der Waals surface area (Å²) in [5, 5.41) is 1.79. The number of methoxy groups -OCH3 is 1. The van der Waals surface area contributed by atoms with E-state index >= 15 is 0 Å². The molecule has 0 bridgehead atoms. The number of alkyl halides is 6. The third kappa shape index (κ3) is 5.00. The Morgan fingerprint density at radius 2 is 1.59 bits per heavy atom. The molecule has 2 rings (SSSR count). The van der Waals surface area contributed by atoms with Gasteiger partial charge in [-0.1, -0.05) is 37.3 Å². The van der Waals surface area contributed by atoms with E-state index in [-0.39, 0.29) is 17.5 Å². The molecule has 0 saturated carbocycles. The van der Waals surface area contributed by atoms with Crippen LogP contribution in [0.5, 0.6) is 0 Å². The summed E-state index contributed by atoms with van der Waals surface area (Å²) in [6, 6.07) is 7.34. The smallest absolute Gasteiger partial charge is 0.439 e. The van der Waals surface area contributed by atoms with Crippen molar-refractivity contribution in [2.24, 2.45) is 0 Å². The van der Waals surface area contributed by atoms with Gasteiger partial charge in [-0.3, -0.25) is 4.79 Å². The fourth-order valence-electron chi connectivity index (χ4n) is 3.09. The van der Waals surface area contributed by atoms with Crippen LogP contribution < -0.4 is 10.6 Å². The first-order valence-corrected chi connectivity index (χ1v) is 10.1. The predicted molar refractivity (Wildman–Crippen MR) is 107 cm³/mol. The van der Waals surface area contributed by atoms with Crippen LogP contribution in [0, 0.1) is 6.92 Å². The zero-order valence-electron chi connectivity index (χ0n) is 17.2. The summed E-state index contributed by atoms with van der Waals surface area (Å²) < 4.78 is 88.3. The molecule has 1 heterocycles. The van der Waals surface area contributed by atoms with Crippen molar-refractivity contribution in [2.45, 2.75) is 44.7 Å². The summed E-state index contributed by atoms with van der Waals surface area (Å²) >= 11 is 0.536. The minimum atomic E-state index is -6.00. The molecule has 5 nitrogen and oxygen atoms in total. The highest BCUT2D eigenvalue weighted by Gasteiger charge is 2.73. The topological polar surface area (TPSA) is 67.4 Å². The molecule has 0 atom stereocenters. The average molecular weight is 482 g/mol. The van der Waals surface area contributed by atoms with Crippen molar-refractivity contribution in [1.29, 1.82) is 0 Å². The van der Waals surface area contributed by atoms with Gasteiger partial charge in [0.2, 0.25) is 5.91 Å². The number of halogens is 6. The quantitative estimate of drug-likeness (QED) is 0.331. The van der Waals surface area contributed by atoms with Gasteiger partial charge < -0.3 is 15.4 Å². The van der Waals surface area contributed by atoms with Crippen molar-refractivity contribution >= 4 is 28.2 Å². The molecule has 0 aliphatic carbocycles. The maximum Gasteiger partial charge on any atom is 0.439 e. The number of ether oxygens (including phenoxy) is 1. The van der Waals surface area contributed by atoms with E-state index in [9.17, 15) is 35.9 Å². The Bertz CT molecular complexity index is 956. The summed E-state index contributed by atoms with van der Waals surface area (Å²) in [6.45, 7) is 3.05. The number of thiophene rings is 1. The highest BCUT2D eigenvalue weighted by atomic mass is 32.1. The Morgan fingerprint density at radius 3 is 2.06 bits per heavy atom. The van der Waals surface area contributed by atoms with Crippen molar-refractivity contribution in [3.05, 3.63) is 51.9 Å². The second-order valence-corrected chi connectivity index (χ2v) is 7.99. The Labute approximate surface area is 183 Å². The minimum absolute atomic E-state index is 0.167. The molecule has 2 aromatic rings. The highest BCUT2D eigenvalue weighted by Crippen LogP contribution is 2.46. The monoisotopic (exact) mass is 482 g/mol. The number of benzene rings is 1. The summed E-state index contributed by atoms with van der Waals surface area (Å²) in [7, 11) is 0.959. The molecule has 32 heavy (non-hydrogen) atoms. The lowest BCUT2D eigenvalue weighted by molar-refractivity contribution is -0.295. The summed E-state index contributed by atoms with van der Waals surface area (Å²) in [5.74, 6) is -2.61. The second-order valence-electron chi connectivity index (χ2n) is 6.77. The van der Waals surface area contributed by atoms with E-state index < -0.39 is 46.9 Å². The van der Waals surface area contributed by atoms with Gasteiger partial charge in [0, 0.05) is 4.88 Å². The number of anilines is 1. The SMILES string of the molecule is CCc1c(C)sc(NC(NC(=O)Cc2ccccc2)(C(F)(F)F)C(F)(F)F)c1C(=O)OC. The molecule has 0 unspecified atom stereocenters. The van der Waals surface area contributed by atoms with E-state index in [1.807, 2.05) is 0 Å². The van der Waals surface area contributed by atoms with E-state index in [2.05, 4.69) is 4.74 Å². The van der Waals surface area contributed by atoms with Gasteiger partial charge in [-0.2, -0.15) is 26.3 Å². The second kappa shape index (κ2) is 9.39. The molecule has 0 saturated heterocycles. The molecule has 0 aliphatic heterocycles. The molecule has 0 fully saturated rings. The van der Waals surface area contributed by atoms with Crippen LogP contribution in [0.2, 0.25) is 0 Å². The van der Waals surface area contributed by atoms with Gasteiger partial charge in [-0.05, 0) is 24.5 Å². The van der Waals surface area contributed by atoms with Gasteiger partial charge >= 0.3 is 24.0 Å². The van der Waals surface area contributed by atoms with Gasteiger partial charge in [-0.15, -0.1) is 11.3 Å². The number of hydrogen-bond donors (Lipinski definition) is 2. The zero-order chi connectivity index (χ0) is 24.3. The van der Waals surface area contributed by atoms with E-state index in [4.69, 9.17) is 0 Å². The summed E-state index contributed by atoms with van der Waals surface area (Å²) in [6.07, 6.45) is -12.6. The van der Waals surface area contributed by atoms with E-state index in [1.54, 1.807) is 13.0 Å². The highest BCUT2D eigenvalue weighted by molar-refractivity contribution is 7.16. The van der Waals surface area contributed by atoms with E-state index in [1.165, 1.54) is 36.5 Å². The van der Waals surface area contributed by atoms with Crippen LogP contribution >= 0.6 is 11.3 Å². The number of esters is 1. The van der Waals surface area contributed by atoms with Crippen LogP contribution in [0.15, 0.2) is 30.3 Å². The molecule has 176 valence electrons. The largest absolute Gasteiger partial charge is 0.465 e. The van der Waals surface area contributed by atoms with Crippen LogP contribution in [0.1, 0.15) is 33.3 Å². The Hall–Kier alpha value is -2.76. The van der Waals surface area contributed by atoms with Crippen molar-refractivity contribution in [2.75, 3.05) is 12.4 Å². The molecule has 2 N–H and O–H groups in total.